The molecule has 0 radical (unpaired) electrons. The Bertz CT molecular complexity index is 1470. The summed E-state index contributed by atoms with van der Waals surface area (Å²) in [4.78, 5) is 23.3. The van der Waals surface area contributed by atoms with Gasteiger partial charge in [-0.15, -0.1) is 0 Å². The number of hydrogen-bond donors (Lipinski definition) is 3. The molecule has 212 valence electrons. The summed E-state index contributed by atoms with van der Waals surface area (Å²) in [6.07, 6.45) is 7.22. The molecule has 3 atom stereocenters. The summed E-state index contributed by atoms with van der Waals surface area (Å²) in [5.41, 5.74) is -3.27. The Kier molecular flexibility index (Phi) is 8.00. The van der Waals surface area contributed by atoms with Crippen molar-refractivity contribution in [1.29, 1.82) is 0 Å². The average Bonchev–Trinajstić information content (AvgIpc) is 3.38. The van der Waals surface area contributed by atoms with Crippen LogP contribution in [0.25, 0.3) is 5.65 Å². The Morgan fingerprint density at radius 2 is 2.05 bits per heavy atom. The first kappa shape index (κ1) is 27.9. The molecular weight excluding hydrogens is 543 g/mol. The number of anilines is 2. The number of carbonyl (C=O) groups is 1. The van der Waals surface area contributed by atoms with E-state index in [1.807, 2.05) is 0 Å². The molecule has 0 spiro atoms. The second-order valence-corrected chi connectivity index (χ2v) is 10.8. The third-order valence-electron chi connectivity index (χ3n) is 7.47. The number of thioether (sulfide) groups is 1. The van der Waals surface area contributed by atoms with Crippen molar-refractivity contribution in [3.8, 4) is 17.6 Å². The van der Waals surface area contributed by atoms with Crippen LogP contribution in [0.1, 0.15) is 41.7 Å². The van der Waals surface area contributed by atoms with Gasteiger partial charge in [0.2, 0.25) is 0 Å². The molecule has 2 saturated heterocycles. The van der Waals surface area contributed by atoms with Crippen molar-refractivity contribution in [2.75, 3.05) is 38.4 Å². The molecule has 2 aliphatic rings. The number of likely N-dealkylation sites (N-methyl/N-ethyl adjacent to an activating group) is 1. The highest BCUT2D eigenvalue weighted by Gasteiger charge is 2.40. The molecule has 0 aliphatic carbocycles. The quantitative estimate of drug-likeness (QED) is 0.286. The van der Waals surface area contributed by atoms with E-state index in [0.29, 0.717) is 40.5 Å². The maximum atomic E-state index is 13.5. The first-order chi connectivity index (χ1) is 19.2. The molecular formula is C27H30F3N7O2S. The van der Waals surface area contributed by atoms with Crippen molar-refractivity contribution in [1.82, 2.24) is 24.6 Å². The number of ether oxygens (including phenoxy) is 1. The molecule has 9 nitrogen and oxygen atoms in total. The summed E-state index contributed by atoms with van der Waals surface area (Å²) in [5, 5.41) is 8.98. The smallest absolute Gasteiger partial charge is 0.447 e. The lowest BCUT2D eigenvalue weighted by atomic mass is 9.98. The van der Waals surface area contributed by atoms with E-state index in [1.54, 1.807) is 18.2 Å². The number of benzene rings is 1. The minimum absolute atomic E-state index is 0.00736. The molecule has 1 aromatic carbocycles. The number of halogens is 3. The van der Waals surface area contributed by atoms with Gasteiger partial charge < -0.3 is 20.7 Å². The maximum absolute atomic E-state index is 13.5. The summed E-state index contributed by atoms with van der Waals surface area (Å²) in [6, 6.07) is 5.98. The second-order valence-electron chi connectivity index (χ2n) is 9.72. The molecule has 2 fully saturated rings. The van der Waals surface area contributed by atoms with Gasteiger partial charge >= 0.3 is 5.51 Å². The highest BCUT2D eigenvalue weighted by molar-refractivity contribution is 8.00. The van der Waals surface area contributed by atoms with E-state index in [2.05, 4.69) is 49.7 Å². The zero-order chi connectivity index (χ0) is 28.4. The average molecular weight is 574 g/mol. The van der Waals surface area contributed by atoms with Crippen LogP contribution >= 0.6 is 11.8 Å². The number of hydrogen-bond acceptors (Lipinski definition) is 8. The topological polar surface area (TPSA) is 95.8 Å². The van der Waals surface area contributed by atoms with Gasteiger partial charge in [0.05, 0.1) is 19.3 Å². The molecule has 3 N–H and O–H groups in total. The minimum Gasteiger partial charge on any atom is -0.495 e. The van der Waals surface area contributed by atoms with Crippen LogP contribution in [0.2, 0.25) is 0 Å². The Labute approximate surface area is 234 Å². The molecule has 2 bridgehead atoms. The first-order valence-corrected chi connectivity index (χ1v) is 13.7. The molecule has 2 aromatic heterocycles. The van der Waals surface area contributed by atoms with Crippen LogP contribution in [-0.4, -0.2) is 76.6 Å². The van der Waals surface area contributed by atoms with Gasteiger partial charge in [-0.1, -0.05) is 5.92 Å². The van der Waals surface area contributed by atoms with Gasteiger partial charge in [-0.2, -0.15) is 13.2 Å². The van der Waals surface area contributed by atoms with Crippen molar-refractivity contribution < 1.29 is 22.7 Å². The molecule has 5 rings (SSSR count). The number of rotatable bonds is 7. The molecule has 2 aliphatic heterocycles. The summed E-state index contributed by atoms with van der Waals surface area (Å²) in [6.45, 7) is 0.0815. The monoisotopic (exact) mass is 573 g/mol. The highest BCUT2D eigenvalue weighted by Crippen LogP contribution is 2.40. The molecule has 4 heterocycles. The maximum Gasteiger partial charge on any atom is 0.447 e. The lowest BCUT2D eigenvalue weighted by Gasteiger charge is -2.38. The second kappa shape index (κ2) is 11.5. The van der Waals surface area contributed by atoms with E-state index < -0.39 is 5.51 Å². The number of carbonyl (C=O) groups excluding carboxylic acids is 1. The molecule has 40 heavy (non-hydrogen) atoms. The predicted octanol–water partition coefficient (Wildman–Crippen LogP) is 4.21. The number of nitrogens with one attached hydrogen (secondary N) is 3. The van der Waals surface area contributed by atoms with Crippen LogP contribution in [0, 0.1) is 11.8 Å². The summed E-state index contributed by atoms with van der Waals surface area (Å²) < 4.78 is 47.4. The highest BCUT2D eigenvalue weighted by atomic mass is 32.2. The molecule has 0 unspecified atom stereocenters. The Morgan fingerprint density at radius 3 is 2.80 bits per heavy atom. The fourth-order valence-electron chi connectivity index (χ4n) is 5.53. The first-order valence-electron chi connectivity index (χ1n) is 12.9. The van der Waals surface area contributed by atoms with Gasteiger partial charge in [-0.25, -0.2) is 9.97 Å². The van der Waals surface area contributed by atoms with Crippen molar-refractivity contribution in [2.45, 2.75) is 54.3 Å². The fourth-order valence-corrected chi connectivity index (χ4v) is 6.19. The van der Waals surface area contributed by atoms with Gasteiger partial charge in [0.15, 0.2) is 11.5 Å². The lowest BCUT2D eigenvalue weighted by molar-refractivity contribution is -0.0330. The lowest BCUT2D eigenvalue weighted by Crippen LogP contribution is -2.48. The van der Waals surface area contributed by atoms with Crippen molar-refractivity contribution in [3.63, 3.8) is 0 Å². The zero-order valence-electron chi connectivity index (χ0n) is 22.3. The van der Waals surface area contributed by atoms with Gasteiger partial charge in [0, 0.05) is 54.9 Å². The van der Waals surface area contributed by atoms with Crippen LogP contribution in [0.15, 0.2) is 35.6 Å². The van der Waals surface area contributed by atoms with Gasteiger partial charge in [-0.3, -0.25) is 14.1 Å². The van der Waals surface area contributed by atoms with Crippen molar-refractivity contribution >= 4 is 34.8 Å². The largest absolute Gasteiger partial charge is 0.495 e. The van der Waals surface area contributed by atoms with Gasteiger partial charge in [0.1, 0.15) is 16.5 Å². The standard InChI is InChI=1S/C27H30F3N7O2S/c1-31-25(38)16-6-11-22(39-3)20(15-16)32-12-4-5-19-26(40-27(28,29)30)37-14-13-33-23(24(37)35-19)34-18-9-7-17-8-10-21(18)36(17)2/h6,11,13-15,17-18,21,32H,7-10,12H2,1-3H3,(H,31,38)(H,33,34)/t17-,18-,21-/m1/s1. The van der Waals surface area contributed by atoms with Crippen LogP contribution in [-0.2, 0) is 0 Å². The van der Waals surface area contributed by atoms with Crippen LogP contribution < -0.4 is 20.7 Å². The number of fused-ring (bicyclic) bond motifs is 3. The number of amides is 1. The van der Waals surface area contributed by atoms with Gasteiger partial charge in [-0.05, 0) is 56.9 Å². The number of alkyl halides is 3. The van der Waals surface area contributed by atoms with Gasteiger partial charge in [0.25, 0.3) is 5.91 Å². The van der Waals surface area contributed by atoms with Crippen molar-refractivity contribution in [2.24, 2.45) is 0 Å². The number of methoxy groups -OCH3 is 1. The van der Waals surface area contributed by atoms with E-state index in [0.717, 1.165) is 25.7 Å². The number of piperidine rings is 1. The van der Waals surface area contributed by atoms with E-state index in [4.69, 9.17) is 4.74 Å². The van der Waals surface area contributed by atoms with Crippen LogP contribution in [0.3, 0.4) is 0 Å². The normalized spacial score (nSPS) is 20.6. The number of aromatic nitrogens is 3. The number of imidazole rings is 1. The van der Waals surface area contributed by atoms with E-state index in [9.17, 15) is 18.0 Å². The minimum atomic E-state index is -4.53. The molecule has 1 amide bonds. The zero-order valence-corrected chi connectivity index (χ0v) is 23.1. The van der Waals surface area contributed by atoms with Crippen molar-refractivity contribution in [3.05, 3.63) is 41.9 Å². The predicted molar refractivity (Wildman–Crippen MR) is 148 cm³/mol. The Morgan fingerprint density at radius 1 is 1.25 bits per heavy atom. The fraction of sp³-hybridized carbons (Fsp3) is 0.444. The van der Waals surface area contributed by atoms with E-state index in [-0.39, 0.29) is 41.0 Å². The summed E-state index contributed by atoms with van der Waals surface area (Å²) in [5.74, 6) is 6.33. The number of nitrogens with zero attached hydrogens (tertiary/aromatic N) is 4. The Balaban J connectivity index is 1.41. The third-order valence-corrected chi connectivity index (χ3v) is 8.28. The third kappa shape index (κ3) is 5.78. The van der Waals surface area contributed by atoms with Crippen LogP contribution in [0.5, 0.6) is 5.75 Å². The van der Waals surface area contributed by atoms with Crippen LogP contribution in [0.4, 0.5) is 24.7 Å². The van der Waals surface area contributed by atoms with E-state index >= 15 is 0 Å². The molecule has 13 heteroatoms. The molecule has 0 saturated carbocycles. The molecule has 3 aromatic rings. The van der Waals surface area contributed by atoms with E-state index in [1.165, 1.54) is 31.0 Å². The summed E-state index contributed by atoms with van der Waals surface area (Å²) in [7, 11) is 5.16. The SMILES string of the molecule is CNC(=O)c1ccc(OC)c(NCC#Cc2nc3c(N[C@@H]4CC[C@@H]5CC[C@H]4N5C)nccn3c2SC(F)(F)F)c1. The summed E-state index contributed by atoms with van der Waals surface area (Å²) >= 11 is -0.252. The Hall–Kier alpha value is -3.63.